The number of aromatic nitrogens is 1. The highest BCUT2D eigenvalue weighted by molar-refractivity contribution is 5.83. The molecule has 0 unspecified atom stereocenters. The van der Waals surface area contributed by atoms with Gasteiger partial charge in [0.1, 0.15) is 11.5 Å². The second-order valence-corrected chi connectivity index (χ2v) is 8.77. The van der Waals surface area contributed by atoms with Crippen LogP contribution in [0.15, 0.2) is 24.3 Å². The molecule has 8 nitrogen and oxygen atoms in total. The molecule has 2 aromatic rings. The number of carbonyl (C=O) groups is 1. The minimum atomic E-state index is 0.0719. The molecule has 1 aliphatic heterocycles. The number of nitrogens with zero attached hydrogens (tertiary/aromatic N) is 3. The van der Waals surface area contributed by atoms with Crippen LogP contribution in [0.4, 0.5) is 11.5 Å². The summed E-state index contributed by atoms with van der Waals surface area (Å²) >= 11 is 0. The first-order valence-electron chi connectivity index (χ1n) is 11.5. The lowest BCUT2D eigenvalue weighted by molar-refractivity contribution is -0.134. The predicted molar refractivity (Wildman–Crippen MR) is 129 cm³/mol. The van der Waals surface area contributed by atoms with Crippen molar-refractivity contribution in [2.75, 3.05) is 58.2 Å². The molecule has 2 heterocycles. The molecule has 1 saturated carbocycles. The van der Waals surface area contributed by atoms with Crippen molar-refractivity contribution in [3.8, 4) is 22.6 Å². The van der Waals surface area contributed by atoms with Crippen LogP contribution in [0, 0.1) is 0 Å². The molecule has 8 heteroatoms. The second-order valence-electron chi connectivity index (χ2n) is 8.77. The Morgan fingerprint density at radius 2 is 1.85 bits per heavy atom. The van der Waals surface area contributed by atoms with Gasteiger partial charge in [0.05, 0.1) is 44.2 Å². The van der Waals surface area contributed by atoms with Crippen molar-refractivity contribution in [1.82, 2.24) is 9.88 Å². The topological polar surface area (TPSA) is 90.2 Å². The highest BCUT2D eigenvalue weighted by atomic mass is 16.5. The van der Waals surface area contributed by atoms with Crippen LogP contribution in [0.1, 0.15) is 37.8 Å². The minimum Gasteiger partial charge on any atom is -0.496 e. The average molecular weight is 455 g/mol. The maximum Gasteiger partial charge on any atom is 0.225 e. The van der Waals surface area contributed by atoms with Gasteiger partial charge in [-0.3, -0.25) is 4.79 Å². The molecule has 178 valence electrons. The minimum absolute atomic E-state index is 0.0719. The van der Waals surface area contributed by atoms with E-state index < -0.39 is 0 Å². The summed E-state index contributed by atoms with van der Waals surface area (Å²) in [4.78, 5) is 21.8. The average Bonchev–Trinajstić information content (AvgIpc) is 3.67. The lowest BCUT2D eigenvalue weighted by atomic mass is 9.98. The number of methoxy groups -OCH3 is 3. The van der Waals surface area contributed by atoms with Gasteiger partial charge in [-0.2, -0.15) is 0 Å². The molecule has 33 heavy (non-hydrogen) atoms. The van der Waals surface area contributed by atoms with E-state index in [-0.39, 0.29) is 11.9 Å². The van der Waals surface area contributed by atoms with Gasteiger partial charge in [-0.15, -0.1) is 0 Å². The molecule has 1 atom stereocenters. The van der Waals surface area contributed by atoms with Crippen molar-refractivity contribution in [3.05, 3.63) is 30.0 Å². The molecule has 0 bridgehead atoms. The standard InChI is InChI=1S/C25H34N4O4/c1-16-15-28(11-12-29(16)22(30)10-13-31-2)25-19(26)14-18(24(27-25)17-8-9-17)23-20(32-3)6-5-7-21(23)33-4/h5-7,14,16-17H,8-13,15,26H2,1-4H3/t16-/m1/s1. The zero-order valence-corrected chi connectivity index (χ0v) is 20.0. The number of pyridine rings is 1. The largest absolute Gasteiger partial charge is 0.496 e. The van der Waals surface area contributed by atoms with E-state index in [2.05, 4.69) is 11.8 Å². The first kappa shape index (κ1) is 23.2. The van der Waals surface area contributed by atoms with E-state index in [1.807, 2.05) is 29.2 Å². The van der Waals surface area contributed by atoms with Crippen molar-refractivity contribution in [2.24, 2.45) is 0 Å². The van der Waals surface area contributed by atoms with Gasteiger partial charge in [0.2, 0.25) is 5.91 Å². The highest BCUT2D eigenvalue weighted by Gasteiger charge is 2.33. The molecule has 4 rings (SSSR count). The van der Waals surface area contributed by atoms with Crippen molar-refractivity contribution in [1.29, 1.82) is 0 Å². The Labute approximate surface area is 195 Å². The molecular formula is C25H34N4O4. The van der Waals surface area contributed by atoms with Gasteiger partial charge in [0.25, 0.3) is 0 Å². The molecule has 1 aromatic heterocycles. The number of anilines is 2. The molecule has 1 amide bonds. The van der Waals surface area contributed by atoms with Crippen molar-refractivity contribution in [2.45, 2.75) is 38.1 Å². The number of nitrogen functional groups attached to an aromatic ring is 1. The van der Waals surface area contributed by atoms with Crippen molar-refractivity contribution < 1.29 is 19.0 Å². The van der Waals surface area contributed by atoms with Gasteiger partial charge in [0.15, 0.2) is 5.82 Å². The lowest BCUT2D eigenvalue weighted by Gasteiger charge is -2.41. The smallest absolute Gasteiger partial charge is 0.225 e. The van der Waals surface area contributed by atoms with E-state index in [0.29, 0.717) is 44.3 Å². The number of benzene rings is 1. The third kappa shape index (κ3) is 4.71. The van der Waals surface area contributed by atoms with E-state index in [0.717, 1.165) is 47.0 Å². The predicted octanol–water partition coefficient (Wildman–Crippen LogP) is 3.30. The fourth-order valence-corrected chi connectivity index (χ4v) is 4.62. The van der Waals surface area contributed by atoms with Gasteiger partial charge in [0, 0.05) is 44.3 Å². The van der Waals surface area contributed by atoms with Crippen LogP contribution in [0.3, 0.4) is 0 Å². The summed E-state index contributed by atoms with van der Waals surface area (Å²) in [5.74, 6) is 2.81. The molecule has 1 aromatic carbocycles. The van der Waals surface area contributed by atoms with Crippen LogP contribution in [0.2, 0.25) is 0 Å². The van der Waals surface area contributed by atoms with E-state index in [4.69, 9.17) is 24.9 Å². The summed E-state index contributed by atoms with van der Waals surface area (Å²) in [6.45, 7) is 4.55. The van der Waals surface area contributed by atoms with Crippen LogP contribution in [-0.4, -0.2) is 69.4 Å². The number of hydrogen-bond acceptors (Lipinski definition) is 7. The van der Waals surface area contributed by atoms with Gasteiger partial charge in [-0.05, 0) is 38.0 Å². The number of ether oxygens (including phenoxy) is 3. The van der Waals surface area contributed by atoms with Crippen LogP contribution >= 0.6 is 0 Å². The molecule has 0 spiro atoms. The van der Waals surface area contributed by atoms with E-state index in [1.54, 1.807) is 21.3 Å². The maximum atomic E-state index is 12.5. The second kappa shape index (κ2) is 9.87. The third-order valence-electron chi connectivity index (χ3n) is 6.49. The van der Waals surface area contributed by atoms with Crippen molar-refractivity contribution in [3.63, 3.8) is 0 Å². The lowest BCUT2D eigenvalue weighted by Crippen LogP contribution is -2.54. The number of rotatable bonds is 8. The molecule has 2 N–H and O–H groups in total. The molecule has 2 aliphatic rings. The molecular weight excluding hydrogens is 420 g/mol. The molecule has 1 saturated heterocycles. The maximum absolute atomic E-state index is 12.5. The summed E-state index contributed by atoms with van der Waals surface area (Å²) in [7, 11) is 4.94. The van der Waals surface area contributed by atoms with Gasteiger partial charge in [-0.25, -0.2) is 4.98 Å². The van der Waals surface area contributed by atoms with Crippen LogP contribution in [0.5, 0.6) is 11.5 Å². The summed E-state index contributed by atoms with van der Waals surface area (Å²) < 4.78 is 16.4. The Bertz CT molecular complexity index is 986. The monoisotopic (exact) mass is 454 g/mol. The number of hydrogen-bond donors (Lipinski definition) is 1. The van der Waals surface area contributed by atoms with Crippen LogP contribution in [0.25, 0.3) is 11.1 Å². The Morgan fingerprint density at radius 3 is 2.42 bits per heavy atom. The summed E-state index contributed by atoms with van der Waals surface area (Å²) in [6, 6.07) is 7.86. The van der Waals surface area contributed by atoms with Gasteiger partial charge < -0.3 is 29.7 Å². The first-order valence-corrected chi connectivity index (χ1v) is 11.5. The van der Waals surface area contributed by atoms with Gasteiger partial charge >= 0.3 is 0 Å². The number of amides is 1. The van der Waals surface area contributed by atoms with E-state index in [9.17, 15) is 4.79 Å². The zero-order chi connectivity index (χ0) is 23.5. The fraction of sp³-hybridized carbons (Fsp3) is 0.520. The normalized spacial score (nSPS) is 18.4. The SMILES string of the molecule is COCCC(=O)N1CCN(c2nc(C3CC3)c(-c3c(OC)cccc3OC)cc2N)C[C@H]1C. The Hall–Kier alpha value is -3.00. The third-order valence-corrected chi connectivity index (χ3v) is 6.49. The Morgan fingerprint density at radius 1 is 1.15 bits per heavy atom. The van der Waals surface area contributed by atoms with Gasteiger partial charge in [-0.1, -0.05) is 6.07 Å². The Balaban J connectivity index is 1.66. The Kier molecular flexibility index (Phi) is 6.93. The quantitative estimate of drug-likeness (QED) is 0.654. The summed E-state index contributed by atoms with van der Waals surface area (Å²) in [5.41, 5.74) is 10.1. The highest BCUT2D eigenvalue weighted by Crippen LogP contribution is 2.49. The van der Waals surface area contributed by atoms with E-state index in [1.165, 1.54) is 0 Å². The molecule has 1 aliphatic carbocycles. The number of carbonyl (C=O) groups excluding carboxylic acids is 1. The number of nitrogens with two attached hydrogens (primary N) is 1. The van der Waals surface area contributed by atoms with Crippen LogP contribution in [-0.2, 0) is 9.53 Å². The summed E-state index contributed by atoms with van der Waals surface area (Å²) in [6.07, 6.45) is 2.63. The number of piperazine rings is 1. The first-order chi connectivity index (χ1) is 16.0. The zero-order valence-electron chi connectivity index (χ0n) is 20.0. The molecule has 2 fully saturated rings. The van der Waals surface area contributed by atoms with E-state index >= 15 is 0 Å². The summed E-state index contributed by atoms with van der Waals surface area (Å²) in [5, 5.41) is 0. The van der Waals surface area contributed by atoms with Crippen molar-refractivity contribution >= 4 is 17.4 Å². The molecule has 0 radical (unpaired) electrons. The van der Waals surface area contributed by atoms with Crippen LogP contribution < -0.4 is 20.1 Å². The fourth-order valence-electron chi connectivity index (χ4n) is 4.62.